The fourth-order valence-electron chi connectivity index (χ4n) is 3.84. The highest BCUT2D eigenvalue weighted by Crippen LogP contribution is 2.32. The van der Waals surface area contributed by atoms with Crippen LogP contribution in [-0.4, -0.2) is 38.2 Å². The van der Waals surface area contributed by atoms with Gasteiger partial charge in [0.15, 0.2) is 0 Å². The van der Waals surface area contributed by atoms with Crippen LogP contribution < -0.4 is 21.1 Å². The van der Waals surface area contributed by atoms with Crippen LogP contribution in [-0.2, 0) is 13.1 Å². The highest BCUT2D eigenvalue weighted by atomic mass is 16.5. The quantitative estimate of drug-likeness (QED) is 0.707. The van der Waals surface area contributed by atoms with Gasteiger partial charge in [-0.05, 0) is 25.0 Å². The Morgan fingerprint density at radius 1 is 1.10 bits per heavy atom. The number of benzene rings is 1. The molecule has 0 saturated heterocycles. The summed E-state index contributed by atoms with van der Waals surface area (Å²) in [5.41, 5.74) is 8.28. The normalized spacial score (nSPS) is 14.0. The molecule has 29 heavy (non-hydrogen) atoms. The van der Waals surface area contributed by atoms with Crippen LogP contribution in [0.1, 0.15) is 37.0 Å². The number of amides is 1. The van der Waals surface area contributed by atoms with E-state index in [4.69, 9.17) is 10.5 Å². The van der Waals surface area contributed by atoms with Crippen LogP contribution in [0.4, 0.5) is 11.5 Å². The maximum Gasteiger partial charge on any atom is 0.329 e. The van der Waals surface area contributed by atoms with E-state index in [0.717, 1.165) is 23.9 Å². The average Bonchev–Trinajstić information content (AvgIpc) is 2.86. The maximum absolute atomic E-state index is 13.4. The van der Waals surface area contributed by atoms with E-state index in [0.29, 0.717) is 25.3 Å². The van der Waals surface area contributed by atoms with Gasteiger partial charge in [0, 0.05) is 13.1 Å². The summed E-state index contributed by atoms with van der Waals surface area (Å²) in [6.07, 6.45) is 2.93. The number of nitrogen functional groups attached to an aromatic ring is 1. The summed E-state index contributed by atoms with van der Waals surface area (Å²) in [4.78, 5) is 36.0. The van der Waals surface area contributed by atoms with Crippen molar-refractivity contribution in [1.29, 1.82) is 0 Å². The van der Waals surface area contributed by atoms with Gasteiger partial charge in [-0.1, -0.05) is 19.9 Å². The summed E-state index contributed by atoms with van der Waals surface area (Å²) in [5, 5.41) is 0. The molecule has 0 unspecified atom stereocenters. The number of hydrogen-bond acceptors (Lipinski definition) is 6. The number of para-hydroxylation sites is 1. The second kappa shape index (κ2) is 7.57. The number of nitrogens with two attached hydrogens (primary N) is 1. The second-order valence-electron chi connectivity index (χ2n) is 6.98. The number of anilines is 2. The number of aromatic nitrogens is 4. The van der Waals surface area contributed by atoms with Gasteiger partial charge in [0.05, 0.1) is 23.3 Å². The zero-order valence-corrected chi connectivity index (χ0v) is 16.6. The minimum atomic E-state index is -0.332. The number of ether oxygens (including phenoxy) is 1. The van der Waals surface area contributed by atoms with Gasteiger partial charge < -0.3 is 15.4 Å². The minimum Gasteiger partial charge on any atom is -0.475 e. The summed E-state index contributed by atoms with van der Waals surface area (Å²) < 4.78 is 9.17. The van der Waals surface area contributed by atoms with Crippen LogP contribution >= 0.6 is 0 Å². The number of carbonyl (C=O) groups is 1. The first-order valence-corrected chi connectivity index (χ1v) is 9.85. The molecule has 0 fully saturated rings. The summed E-state index contributed by atoms with van der Waals surface area (Å²) >= 11 is 0. The Balaban J connectivity index is 1.94. The van der Waals surface area contributed by atoms with Gasteiger partial charge in [-0.3, -0.25) is 13.9 Å². The zero-order valence-electron chi connectivity index (χ0n) is 16.6. The van der Waals surface area contributed by atoms with E-state index >= 15 is 0 Å². The average molecular weight is 396 g/mol. The van der Waals surface area contributed by atoms with E-state index in [1.165, 1.54) is 6.33 Å². The monoisotopic (exact) mass is 396 g/mol. The topological polar surface area (TPSA) is 108 Å². The minimum absolute atomic E-state index is 0.0575. The number of hydrogen-bond donors (Lipinski definition) is 1. The summed E-state index contributed by atoms with van der Waals surface area (Å²) in [7, 11) is 0. The predicted molar refractivity (Wildman–Crippen MR) is 110 cm³/mol. The largest absolute Gasteiger partial charge is 0.475 e. The first-order valence-electron chi connectivity index (χ1n) is 9.85. The van der Waals surface area contributed by atoms with Crippen LogP contribution in [0.25, 0.3) is 11.0 Å². The van der Waals surface area contributed by atoms with E-state index in [2.05, 4.69) is 9.97 Å². The van der Waals surface area contributed by atoms with E-state index in [9.17, 15) is 9.59 Å². The Labute approximate surface area is 167 Å². The van der Waals surface area contributed by atoms with Crippen LogP contribution in [0.2, 0.25) is 0 Å². The zero-order chi connectivity index (χ0) is 20.5. The first-order chi connectivity index (χ1) is 14.1. The van der Waals surface area contributed by atoms with Gasteiger partial charge in [0.1, 0.15) is 24.3 Å². The van der Waals surface area contributed by atoms with Gasteiger partial charge >= 0.3 is 5.69 Å². The van der Waals surface area contributed by atoms with E-state index in [1.807, 2.05) is 32.0 Å². The molecule has 3 heterocycles. The Kier molecular flexibility index (Phi) is 4.96. The third kappa shape index (κ3) is 3.02. The molecule has 9 heteroatoms. The fourth-order valence-corrected chi connectivity index (χ4v) is 3.84. The van der Waals surface area contributed by atoms with Crippen molar-refractivity contribution in [2.75, 3.05) is 23.8 Å². The lowest BCUT2D eigenvalue weighted by molar-refractivity contribution is 0.0990. The highest BCUT2D eigenvalue weighted by Gasteiger charge is 2.31. The second-order valence-corrected chi connectivity index (χ2v) is 6.98. The van der Waals surface area contributed by atoms with Crippen molar-refractivity contribution in [2.45, 2.75) is 39.8 Å². The first kappa shape index (κ1) is 19.0. The van der Waals surface area contributed by atoms with Crippen LogP contribution in [0.5, 0.6) is 5.88 Å². The van der Waals surface area contributed by atoms with Crippen molar-refractivity contribution < 1.29 is 9.53 Å². The molecule has 0 radical (unpaired) electrons. The molecule has 0 saturated carbocycles. The molecule has 0 bridgehead atoms. The lowest BCUT2D eigenvalue weighted by Crippen LogP contribution is -2.33. The maximum atomic E-state index is 13.4. The lowest BCUT2D eigenvalue weighted by atomic mass is 10.2. The van der Waals surface area contributed by atoms with Crippen molar-refractivity contribution in [1.82, 2.24) is 19.1 Å². The highest BCUT2D eigenvalue weighted by molar-refractivity contribution is 6.13. The summed E-state index contributed by atoms with van der Waals surface area (Å²) in [6.45, 7) is 5.83. The Morgan fingerprint density at radius 3 is 2.62 bits per heavy atom. The number of nitrogens with zero attached hydrogens (tertiary/aromatic N) is 5. The number of imidazole rings is 1. The summed E-state index contributed by atoms with van der Waals surface area (Å²) in [6, 6.07) is 5.64. The summed E-state index contributed by atoms with van der Waals surface area (Å²) in [5.74, 6) is -0.0675. The van der Waals surface area contributed by atoms with E-state index < -0.39 is 0 Å². The third-order valence-electron chi connectivity index (χ3n) is 5.06. The predicted octanol–water partition coefficient (Wildman–Crippen LogP) is 2.03. The van der Waals surface area contributed by atoms with Gasteiger partial charge in [-0.25, -0.2) is 14.8 Å². The van der Waals surface area contributed by atoms with E-state index in [-0.39, 0.29) is 35.5 Å². The molecule has 0 aliphatic carbocycles. The molecule has 2 N–H and O–H groups in total. The molecular formula is C20H24N6O3. The molecule has 152 valence electrons. The van der Waals surface area contributed by atoms with Crippen molar-refractivity contribution >= 4 is 28.4 Å². The number of carbonyl (C=O) groups excluding carboxylic acids is 1. The molecule has 0 atom stereocenters. The molecule has 1 aliphatic rings. The van der Waals surface area contributed by atoms with Gasteiger partial charge in [0.2, 0.25) is 5.88 Å². The molecule has 0 spiro atoms. The Morgan fingerprint density at radius 2 is 1.86 bits per heavy atom. The van der Waals surface area contributed by atoms with Gasteiger partial charge in [-0.15, -0.1) is 0 Å². The van der Waals surface area contributed by atoms with Crippen molar-refractivity contribution in [3.8, 4) is 5.88 Å². The fraction of sp³-hybridized carbons (Fsp3) is 0.400. The molecule has 1 amide bonds. The number of aryl methyl sites for hydroxylation is 2. The van der Waals surface area contributed by atoms with Crippen LogP contribution in [0.15, 0.2) is 29.3 Å². The van der Waals surface area contributed by atoms with Crippen molar-refractivity contribution in [3.05, 3.63) is 40.6 Å². The smallest absolute Gasteiger partial charge is 0.329 e. The van der Waals surface area contributed by atoms with Crippen LogP contribution in [0.3, 0.4) is 0 Å². The molecule has 1 aliphatic heterocycles. The van der Waals surface area contributed by atoms with Crippen LogP contribution in [0, 0.1) is 0 Å². The molecule has 9 nitrogen and oxygen atoms in total. The van der Waals surface area contributed by atoms with Crippen molar-refractivity contribution in [2.24, 2.45) is 0 Å². The molecule has 3 aromatic rings. The van der Waals surface area contributed by atoms with E-state index in [1.54, 1.807) is 14.0 Å². The SMILES string of the molecule is CCCn1c(=O)n(CCC)c2c(N3CCOc4ncnc(N)c4C3=O)cccc21. The van der Waals surface area contributed by atoms with Gasteiger partial charge in [0.25, 0.3) is 5.91 Å². The molecule has 1 aromatic carbocycles. The Bertz CT molecular complexity index is 1130. The number of fused-ring (bicyclic) bond motifs is 2. The molecular weight excluding hydrogens is 372 g/mol. The third-order valence-corrected chi connectivity index (χ3v) is 5.06. The molecule has 2 aromatic heterocycles. The van der Waals surface area contributed by atoms with Crippen molar-refractivity contribution in [3.63, 3.8) is 0 Å². The lowest BCUT2D eigenvalue weighted by Gasteiger charge is -2.22. The van der Waals surface area contributed by atoms with Gasteiger partial charge in [-0.2, -0.15) is 0 Å². The standard InChI is InChI=1S/C20H24N6O3/c1-3-8-25-14-7-5-6-13(16(14)26(9-4-2)20(25)28)24-10-11-29-18-15(19(24)27)17(21)22-12-23-18/h5-7,12H,3-4,8-11H2,1-2H3,(H2,21,22,23). The number of rotatable bonds is 5. The Hall–Kier alpha value is -3.36. The molecule has 4 rings (SSSR count).